The third-order valence-electron chi connectivity index (χ3n) is 5.09. The molecule has 1 saturated heterocycles. The molecule has 3 heterocycles. The number of fused-ring (bicyclic) bond motifs is 1. The summed E-state index contributed by atoms with van der Waals surface area (Å²) in [5, 5.41) is 9.64. The molecule has 156 valence electrons. The first kappa shape index (κ1) is 19.5. The molecule has 1 fully saturated rings. The molecule has 5 rings (SSSR count). The number of thiazole rings is 1. The van der Waals surface area contributed by atoms with Crippen LogP contribution >= 0.6 is 11.3 Å². The van der Waals surface area contributed by atoms with Gasteiger partial charge in [0.1, 0.15) is 5.69 Å². The molecule has 0 saturated carbocycles. The Morgan fingerprint density at radius 2 is 1.84 bits per heavy atom. The first-order chi connectivity index (χ1) is 15.2. The minimum atomic E-state index is -0.230. The average Bonchev–Trinajstić information content (AvgIpc) is 3.29. The zero-order valence-electron chi connectivity index (χ0n) is 16.7. The van der Waals surface area contributed by atoms with Crippen LogP contribution in [0.25, 0.3) is 10.9 Å². The molecule has 1 amide bonds. The first-order valence-corrected chi connectivity index (χ1v) is 10.9. The number of pyridine rings is 1. The Labute approximate surface area is 183 Å². The zero-order valence-corrected chi connectivity index (χ0v) is 17.6. The van der Waals surface area contributed by atoms with Gasteiger partial charge in [-0.2, -0.15) is 0 Å². The van der Waals surface area contributed by atoms with Crippen molar-refractivity contribution in [2.75, 3.05) is 41.8 Å². The van der Waals surface area contributed by atoms with Gasteiger partial charge in [-0.05, 0) is 48.5 Å². The number of aromatic nitrogens is 2. The monoisotopic (exact) mass is 431 g/mol. The highest BCUT2D eigenvalue weighted by Gasteiger charge is 2.13. The van der Waals surface area contributed by atoms with Crippen molar-refractivity contribution < 1.29 is 9.53 Å². The van der Waals surface area contributed by atoms with Crippen LogP contribution in [0.1, 0.15) is 10.5 Å². The number of ether oxygens (including phenoxy) is 1. The Morgan fingerprint density at radius 3 is 2.68 bits per heavy atom. The standard InChI is InChI=1S/C23H21N5O2S/c29-22(25-17-3-6-19(7-4-17)28-10-12-30-13-11-28)21-15-31-23(27-21)26-18-5-8-20-16(14-18)2-1-9-24-20/h1-9,14-15H,10-13H2,(H,25,29)(H,26,27). The van der Waals surface area contributed by atoms with E-state index in [1.165, 1.54) is 11.3 Å². The molecule has 0 spiro atoms. The SMILES string of the molecule is O=C(Nc1ccc(N2CCOCC2)cc1)c1csc(Nc2ccc3ncccc3c2)n1. The lowest BCUT2D eigenvalue weighted by molar-refractivity contribution is 0.102. The van der Waals surface area contributed by atoms with Crippen molar-refractivity contribution in [3.8, 4) is 0 Å². The molecule has 2 aromatic heterocycles. The lowest BCUT2D eigenvalue weighted by atomic mass is 10.2. The Bertz CT molecular complexity index is 1200. The summed E-state index contributed by atoms with van der Waals surface area (Å²) in [5.74, 6) is -0.230. The number of carbonyl (C=O) groups is 1. The van der Waals surface area contributed by atoms with Crippen molar-refractivity contribution in [2.24, 2.45) is 0 Å². The van der Waals surface area contributed by atoms with Crippen LogP contribution in [0.3, 0.4) is 0 Å². The maximum Gasteiger partial charge on any atom is 0.275 e. The van der Waals surface area contributed by atoms with Gasteiger partial charge in [-0.25, -0.2) is 4.98 Å². The molecule has 4 aromatic rings. The molecule has 2 N–H and O–H groups in total. The van der Waals surface area contributed by atoms with Crippen LogP contribution in [0.5, 0.6) is 0 Å². The van der Waals surface area contributed by atoms with Gasteiger partial charge in [0, 0.05) is 47.1 Å². The van der Waals surface area contributed by atoms with Crippen LogP contribution in [0.4, 0.5) is 22.2 Å². The number of hydrogen-bond donors (Lipinski definition) is 2. The van der Waals surface area contributed by atoms with Crippen molar-refractivity contribution in [3.63, 3.8) is 0 Å². The molecule has 0 unspecified atom stereocenters. The molecular weight excluding hydrogens is 410 g/mol. The highest BCUT2D eigenvalue weighted by molar-refractivity contribution is 7.14. The number of rotatable bonds is 5. The van der Waals surface area contributed by atoms with Gasteiger partial charge in [0.2, 0.25) is 0 Å². The van der Waals surface area contributed by atoms with Gasteiger partial charge in [0.15, 0.2) is 5.13 Å². The molecule has 0 radical (unpaired) electrons. The van der Waals surface area contributed by atoms with E-state index in [0.29, 0.717) is 10.8 Å². The van der Waals surface area contributed by atoms with Gasteiger partial charge in [-0.1, -0.05) is 6.07 Å². The number of anilines is 4. The molecule has 0 aliphatic carbocycles. The second kappa shape index (κ2) is 8.71. The highest BCUT2D eigenvalue weighted by Crippen LogP contribution is 2.25. The fourth-order valence-electron chi connectivity index (χ4n) is 3.48. The Balaban J connectivity index is 1.23. The third kappa shape index (κ3) is 4.50. The summed E-state index contributed by atoms with van der Waals surface area (Å²) in [7, 11) is 0. The van der Waals surface area contributed by atoms with Gasteiger partial charge in [-0.15, -0.1) is 11.3 Å². The molecule has 2 aromatic carbocycles. The van der Waals surface area contributed by atoms with E-state index in [-0.39, 0.29) is 5.91 Å². The molecule has 0 bridgehead atoms. The second-order valence-electron chi connectivity index (χ2n) is 7.17. The third-order valence-corrected chi connectivity index (χ3v) is 5.85. The fraction of sp³-hybridized carbons (Fsp3) is 0.174. The van der Waals surface area contributed by atoms with Crippen LogP contribution in [0, 0.1) is 0 Å². The predicted octanol–water partition coefficient (Wildman–Crippen LogP) is 4.52. The maximum absolute atomic E-state index is 12.6. The van der Waals surface area contributed by atoms with Crippen molar-refractivity contribution in [2.45, 2.75) is 0 Å². The summed E-state index contributed by atoms with van der Waals surface area (Å²) in [6.07, 6.45) is 1.78. The highest BCUT2D eigenvalue weighted by atomic mass is 32.1. The van der Waals surface area contributed by atoms with Gasteiger partial charge >= 0.3 is 0 Å². The number of morpholine rings is 1. The van der Waals surface area contributed by atoms with Crippen LogP contribution in [0.2, 0.25) is 0 Å². The fourth-order valence-corrected chi connectivity index (χ4v) is 4.20. The summed E-state index contributed by atoms with van der Waals surface area (Å²) in [4.78, 5) is 23.6. The number of amides is 1. The first-order valence-electron chi connectivity index (χ1n) is 10.1. The summed E-state index contributed by atoms with van der Waals surface area (Å²) in [5.41, 5.74) is 4.10. The van der Waals surface area contributed by atoms with Crippen molar-refractivity contribution in [1.82, 2.24) is 9.97 Å². The van der Waals surface area contributed by atoms with E-state index in [1.54, 1.807) is 11.6 Å². The number of carbonyl (C=O) groups excluding carboxylic acids is 1. The predicted molar refractivity (Wildman–Crippen MR) is 125 cm³/mol. The number of hydrogen-bond acceptors (Lipinski definition) is 7. The smallest absolute Gasteiger partial charge is 0.275 e. The molecule has 1 aliphatic heterocycles. The van der Waals surface area contributed by atoms with Gasteiger partial charge in [-0.3, -0.25) is 9.78 Å². The average molecular weight is 432 g/mol. The van der Waals surface area contributed by atoms with E-state index >= 15 is 0 Å². The van der Waals surface area contributed by atoms with Crippen molar-refractivity contribution in [3.05, 3.63) is 71.9 Å². The minimum absolute atomic E-state index is 0.230. The topological polar surface area (TPSA) is 79.4 Å². The second-order valence-corrected chi connectivity index (χ2v) is 8.03. The summed E-state index contributed by atoms with van der Waals surface area (Å²) < 4.78 is 5.39. The van der Waals surface area contributed by atoms with E-state index in [9.17, 15) is 4.79 Å². The quantitative estimate of drug-likeness (QED) is 0.484. The van der Waals surface area contributed by atoms with Gasteiger partial charge in [0.25, 0.3) is 5.91 Å². The van der Waals surface area contributed by atoms with Gasteiger partial charge < -0.3 is 20.3 Å². The Morgan fingerprint density at radius 1 is 1.03 bits per heavy atom. The number of benzene rings is 2. The molecule has 7 nitrogen and oxygen atoms in total. The molecular formula is C23H21N5O2S. The zero-order chi connectivity index (χ0) is 21.0. The molecule has 0 atom stereocenters. The van der Waals surface area contributed by atoms with E-state index < -0.39 is 0 Å². The summed E-state index contributed by atoms with van der Waals surface area (Å²) in [6.45, 7) is 3.26. The van der Waals surface area contributed by atoms with Gasteiger partial charge in [0.05, 0.1) is 18.7 Å². The van der Waals surface area contributed by atoms with Crippen LogP contribution in [-0.4, -0.2) is 42.2 Å². The lowest BCUT2D eigenvalue weighted by Gasteiger charge is -2.28. The van der Waals surface area contributed by atoms with Crippen LogP contribution < -0.4 is 15.5 Å². The Kier molecular flexibility index (Phi) is 5.47. The van der Waals surface area contributed by atoms with E-state index in [1.807, 2.05) is 54.6 Å². The molecule has 8 heteroatoms. The maximum atomic E-state index is 12.6. The molecule has 1 aliphatic rings. The largest absolute Gasteiger partial charge is 0.378 e. The van der Waals surface area contributed by atoms with Crippen molar-refractivity contribution in [1.29, 1.82) is 0 Å². The minimum Gasteiger partial charge on any atom is -0.378 e. The van der Waals surface area contributed by atoms with Crippen LogP contribution in [-0.2, 0) is 4.74 Å². The summed E-state index contributed by atoms with van der Waals surface area (Å²) in [6, 6.07) is 17.7. The van der Waals surface area contributed by atoms with E-state index in [4.69, 9.17) is 4.74 Å². The van der Waals surface area contributed by atoms with Crippen molar-refractivity contribution >= 4 is 50.3 Å². The molecule has 31 heavy (non-hydrogen) atoms. The van der Waals surface area contributed by atoms with E-state index in [2.05, 4.69) is 25.5 Å². The number of nitrogens with one attached hydrogen (secondary N) is 2. The lowest BCUT2D eigenvalue weighted by Crippen LogP contribution is -2.36. The summed E-state index contributed by atoms with van der Waals surface area (Å²) >= 11 is 1.39. The van der Waals surface area contributed by atoms with Crippen LogP contribution in [0.15, 0.2) is 66.2 Å². The van der Waals surface area contributed by atoms with E-state index in [0.717, 1.165) is 54.3 Å². The Hall–Kier alpha value is -3.49. The number of nitrogens with zero attached hydrogens (tertiary/aromatic N) is 3. The normalized spacial score (nSPS) is 13.9.